The maximum Gasteiger partial charge on any atom is 0.317 e. The summed E-state index contributed by atoms with van der Waals surface area (Å²) < 4.78 is 18.3. The zero-order valence-corrected chi connectivity index (χ0v) is 11.9. The van der Waals surface area contributed by atoms with E-state index in [1.165, 1.54) is 7.11 Å². The van der Waals surface area contributed by atoms with E-state index >= 15 is 0 Å². The molecule has 1 rings (SSSR count). The number of hydrogen-bond acceptors (Lipinski definition) is 5. The van der Waals surface area contributed by atoms with E-state index in [0.29, 0.717) is 0 Å². The molecule has 0 radical (unpaired) electrons. The van der Waals surface area contributed by atoms with E-state index in [9.17, 15) is 19.3 Å². The lowest BCUT2D eigenvalue weighted by Crippen LogP contribution is -2.22. The molecule has 0 bridgehead atoms. The molecule has 0 fully saturated rings. The number of carboxylic acids is 1. The molecule has 8 heteroatoms. The molecule has 1 aromatic carbocycles. The van der Waals surface area contributed by atoms with Gasteiger partial charge in [0.05, 0.1) is 23.0 Å². The number of rotatable bonds is 6. The monoisotopic (exact) mass is 303 g/mol. The Morgan fingerprint density at radius 1 is 1.50 bits per heavy atom. The summed E-state index contributed by atoms with van der Waals surface area (Å²) in [6.45, 7) is 3.39. The maximum absolute atomic E-state index is 13.5. The molecular weight excluding hydrogens is 289 g/mol. The SMILES string of the molecule is COc1cc(SC(C(=O)O)C(C)C)c([N+](=O)[O-])cc1F. The highest BCUT2D eigenvalue weighted by molar-refractivity contribution is 8.00. The fourth-order valence-corrected chi connectivity index (χ4v) is 2.60. The molecule has 0 aliphatic heterocycles. The number of carboxylic acid groups (broad SMARTS) is 1. The van der Waals surface area contributed by atoms with Crippen LogP contribution in [0.5, 0.6) is 5.75 Å². The van der Waals surface area contributed by atoms with Gasteiger partial charge in [-0.2, -0.15) is 0 Å². The molecule has 0 aliphatic rings. The van der Waals surface area contributed by atoms with Gasteiger partial charge in [0.15, 0.2) is 11.6 Å². The van der Waals surface area contributed by atoms with E-state index in [0.717, 1.165) is 23.9 Å². The van der Waals surface area contributed by atoms with E-state index in [1.807, 2.05) is 0 Å². The van der Waals surface area contributed by atoms with Crippen LogP contribution in [0.25, 0.3) is 0 Å². The summed E-state index contributed by atoms with van der Waals surface area (Å²) in [6.07, 6.45) is 0. The molecule has 0 amide bonds. The quantitative estimate of drug-likeness (QED) is 0.493. The Morgan fingerprint density at radius 2 is 2.10 bits per heavy atom. The molecule has 0 spiro atoms. The van der Waals surface area contributed by atoms with Crippen molar-refractivity contribution < 1.29 is 24.0 Å². The van der Waals surface area contributed by atoms with Crippen LogP contribution in [0.1, 0.15) is 13.8 Å². The van der Waals surface area contributed by atoms with Crippen molar-refractivity contribution in [2.75, 3.05) is 7.11 Å². The van der Waals surface area contributed by atoms with Crippen molar-refractivity contribution in [1.29, 1.82) is 0 Å². The average Bonchev–Trinajstić information content (AvgIpc) is 2.35. The van der Waals surface area contributed by atoms with Gasteiger partial charge in [0.25, 0.3) is 5.69 Å². The number of hydrogen-bond donors (Lipinski definition) is 1. The van der Waals surface area contributed by atoms with Crippen molar-refractivity contribution in [2.45, 2.75) is 24.0 Å². The average molecular weight is 303 g/mol. The van der Waals surface area contributed by atoms with Crippen LogP contribution in [-0.2, 0) is 4.79 Å². The minimum Gasteiger partial charge on any atom is -0.494 e. The summed E-state index contributed by atoms with van der Waals surface area (Å²) >= 11 is 0.810. The van der Waals surface area contributed by atoms with Gasteiger partial charge in [-0.15, -0.1) is 11.8 Å². The molecule has 110 valence electrons. The van der Waals surface area contributed by atoms with Gasteiger partial charge in [-0.25, -0.2) is 4.39 Å². The standard InChI is InChI=1S/C12H14FNO5S/c1-6(2)11(12(15)16)20-10-5-9(19-3)7(13)4-8(10)14(17)18/h4-6,11H,1-3H3,(H,15,16). The van der Waals surface area contributed by atoms with Crippen molar-refractivity contribution in [3.05, 3.63) is 28.1 Å². The molecule has 6 nitrogen and oxygen atoms in total. The number of benzene rings is 1. The zero-order valence-electron chi connectivity index (χ0n) is 11.1. The number of thioether (sulfide) groups is 1. The summed E-state index contributed by atoms with van der Waals surface area (Å²) in [5.41, 5.74) is -0.472. The fraction of sp³-hybridized carbons (Fsp3) is 0.417. The van der Waals surface area contributed by atoms with Crippen LogP contribution >= 0.6 is 11.8 Å². The lowest BCUT2D eigenvalue weighted by atomic mass is 10.1. The van der Waals surface area contributed by atoms with Gasteiger partial charge in [-0.3, -0.25) is 14.9 Å². The molecule has 0 aliphatic carbocycles. The highest BCUT2D eigenvalue weighted by Crippen LogP contribution is 2.38. The highest BCUT2D eigenvalue weighted by Gasteiger charge is 2.28. The van der Waals surface area contributed by atoms with Gasteiger partial charge in [0, 0.05) is 6.07 Å². The third kappa shape index (κ3) is 3.60. The van der Waals surface area contributed by atoms with Gasteiger partial charge in [0.2, 0.25) is 0 Å². The Morgan fingerprint density at radius 3 is 2.50 bits per heavy atom. The number of nitrogens with zero attached hydrogens (tertiary/aromatic N) is 1. The molecule has 1 N–H and O–H groups in total. The van der Waals surface area contributed by atoms with Crippen LogP contribution < -0.4 is 4.74 Å². The molecule has 0 heterocycles. The van der Waals surface area contributed by atoms with E-state index in [-0.39, 0.29) is 16.6 Å². The second-order valence-electron chi connectivity index (χ2n) is 4.33. The predicted octanol–water partition coefficient (Wildman–Crippen LogP) is 2.94. The Balaban J connectivity index is 3.27. The molecule has 1 unspecified atom stereocenters. The number of aliphatic carboxylic acids is 1. The summed E-state index contributed by atoms with van der Waals surface area (Å²) in [4.78, 5) is 21.4. The zero-order chi connectivity index (χ0) is 15.4. The second-order valence-corrected chi connectivity index (χ2v) is 5.52. The minimum atomic E-state index is -1.08. The Bertz CT molecular complexity index is 535. The van der Waals surface area contributed by atoms with E-state index in [2.05, 4.69) is 0 Å². The molecule has 1 aromatic rings. The smallest absolute Gasteiger partial charge is 0.317 e. The number of methoxy groups -OCH3 is 1. The lowest BCUT2D eigenvalue weighted by Gasteiger charge is -2.16. The topological polar surface area (TPSA) is 89.7 Å². The number of carbonyl (C=O) groups is 1. The van der Waals surface area contributed by atoms with E-state index in [4.69, 9.17) is 9.84 Å². The first-order chi connectivity index (χ1) is 9.27. The number of nitro benzene ring substituents is 1. The molecule has 0 saturated carbocycles. The number of nitro groups is 1. The van der Waals surface area contributed by atoms with E-state index in [1.54, 1.807) is 13.8 Å². The fourth-order valence-electron chi connectivity index (χ4n) is 1.53. The second kappa shape index (κ2) is 6.56. The summed E-state index contributed by atoms with van der Waals surface area (Å²) in [5.74, 6) is -2.35. The summed E-state index contributed by atoms with van der Waals surface area (Å²) in [6, 6.07) is 1.89. The van der Waals surface area contributed by atoms with Gasteiger partial charge in [-0.1, -0.05) is 13.8 Å². The molecule has 0 saturated heterocycles. The van der Waals surface area contributed by atoms with Crippen LogP contribution in [0.3, 0.4) is 0 Å². The van der Waals surface area contributed by atoms with Crippen LogP contribution in [0.15, 0.2) is 17.0 Å². The van der Waals surface area contributed by atoms with Gasteiger partial charge >= 0.3 is 5.97 Å². The summed E-state index contributed by atoms with van der Waals surface area (Å²) in [5, 5.41) is 19.2. The Hall–Kier alpha value is -1.83. The maximum atomic E-state index is 13.5. The molecular formula is C12H14FNO5S. The van der Waals surface area contributed by atoms with Crippen LogP contribution in [0.2, 0.25) is 0 Å². The number of halogens is 1. The van der Waals surface area contributed by atoms with Crippen molar-refractivity contribution >= 4 is 23.4 Å². The largest absolute Gasteiger partial charge is 0.494 e. The van der Waals surface area contributed by atoms with Gasteiger partial charge in [0.1, 0.15) is 5.25 Å². The van der Waals surface area contributed by atoms with Crippen LogP contribution in [0.4, 0.5) is 10.1 Å². The van der Waals surface area contributed by atoms with Crippen LogP contribution in [0, 0.1) is 21.8 Å². The molecule has 0 aromatic heterocycles. The number of ether oxygens (including phenoxy) is 1. The first-order valence-corrected chi connectivity index (χ1v) is 6.57. The Labute approximate surface area is 119 Å². The summed E-state index contributed by atoms with van der Waals surface area (Å²) in [7, 11) is 1.23. The normalized spacial score (nSPS) is 12.2. The van der Waals surface area contributed by atoms with Crippen LogP contribution in [-0.4, -0.2) is 28.4 Å². The predicted molar refractivity (Wildman–Crippen MR) is 71.7 cm³/mol. The van der Waals surface area contributed by atoms with Gasteiger partial charge < -0.3 is 9.84 Å². The lowest BCUT2D eigenvalue weighted by molar-refractivity contribution is -0.387. The highest BCUT2D eigenvalue weighted by atomic mass is 32.2. The first-order valence-electron chi connectivity index (χ1n) is 5.69. The minimum absolute atomic E-state index is 0.0642. The van der Waals surface area contributed by atoms with Crippen molar-refractivity contribution in [3.63, 3.8) is 0 Å². The molecule has 20 heavy (non-hydrogen) atoms. The molecule has 1 atom stereocenters. The van der Waals surface area contributed by atoms with Crippen molar-refractivity contribution in [1.82, 2.24) is 0 Å². The third-order valence-corrected chi connectivity index (χ3v) is 4.11. The third-order valence-electron chi connectivity index (χ3n) is 2.53. The van der Waals surface area contributed by atoms with Crippen molar-refractivity contribution in [2.24, 2.45) is 5.92 Å². The van der Waals surface area contributed by atoms with E-state index < -0.39 is 27.6 Å². The first kappa shape index (κ1) is 16.2. The van der Waals surface area contributed by atoms with Gasteiger partial charge in [-0.05, 0) is 5.92 Å². The Kier molecular flexibility index (Phi) is 5.32. The van der Waals surface area contributed by atoms with Crippen molar-refractivity contribution in [3.8, 4) is 5.75 Å².